The molecule has 0 aliphatic carbocycles. The number of nitrogen functional groups attached to an aromatic ring is 1. The van der Waals surface area contributed by atoms with E-state index >= 15 is 0 Å². The van der Waals surface area contributed by atoms with E-state index in [-0.39, 0.29) is 5.78 Å². The number of ketones is 1. The van der Waals surface area contributed by atoms with Crippen LogP contribution in [0.1, 0.15) is 27.0 Å². The van der Waals surface area contributed by atoms with Crippen LogP contribution in [0.2, 0.25) is 5.02 Å². The lowest BCUT2D eigenvalue weighted by Gasteiger charge is -2.13. The van der Waals surface area contributed by atoms with Gasteiger partial charge in [0.1, 0.15) is 5.75 Å². The van der Waals surface area contributed by atoms with Gasteiger partial charge in [-0.3, -0.25) is 4.79 Å². The average Bonchev–Trinajstić information content (AvgIpc) is 2.44. The smallest absolute Gasteiger partial charge is 0.196 e. The molecule has 0 aromatic heterocycles. The molecule has 0 atom stereocenters. The van der Waals surface area contributed by atoms with E-state index in [2.05, 4.69) is 0 Å². The van der Waals surface area contributed by atoms with E-state index in [0.717, 1.165) is 11.1 Å². The predicted octanol–water partition coefficient (Wildman–Crippen LogP) is 3.78. The molecule has 0 bridgehead atoms. The van der Waals surface area contributed by atoms with E-state index in [1.54, 1.807) is 31.4 Å². The normalized spacial score (nSPS) is 10.4. The van der Waals surface area contributed by atoms with Gasteiger partial charge in [-0.2, -0.15) is 0 Å². The molecule has 0 heterocycles. The zero-order valence-corrected chi connectivity index (χ0v) is 12.4. The van der Waals surface area contributed by atoms with Crippen molar-refractivity contribution in [1.29, 1.82) is 0 Å². The van der Waals surface area contributed by atoms with Gasteiger partial charge < -0.3 is 10.5 Å². The number of anilines is 1. The van der Waals surface area contributed by atoms with E-state index in [4.69, 9.17) is 22.1 Å². The van der Waals surface area contributed by atoms with E-state index < -0.39 is 0 Å². The first-order valence-corrected chi connectivity index (χ1v) is 6.57. The second-order valence-electron chi connectivity index (χ2n) is 4.65. The van der Waals surface area contributed by atoms with E-state index in [1.165, 1.54) is 0 Å². The summed E-state index contributed by atoms with van der Waals surface area (Å²) < 4.78 is 5.38. The van der Waals surface area contributed by atoms with Crippen LogP contribution in [0.15, 0.2) is 30.3 Å². The quantitative estimate of drug-likeness (QED) is 0.691. The number of rotatable bonds is 3. The second kappa shape index (κ2) is 5.55. The summed E-state index contributed by atoms with van der Waals surface area (Å²) in [5, 5.41) is 0.439. The summed E-state index contributed by atoms with van der Waals surface area (Å²) in [7, 11) is 1.56. The number of benzene rings is 2. The van der Waals surface area contributed by atoms with Gasteiger partial charge in [-0.25, -0.2) is 0 Å². The highest BCUT2D eigenvalue weighted by molar-refractivity contribution is 6.33. The minimum atomic E-state index is -0.131. The number of aryl methyl sites for hydroxylation is 1. The van der Waals surface area contributed by atoms with Crippen molar-refractivity contribution in [2.24, 2.45) is 0 Å². The molecule has 0 fully saturated rings. The SMILES string of the molecule is COc1c(C(=O)c2ccc(Cl)c(N)c2)ccc(C)c1C. The molecule has 0 amide bonds. The van der Waals surface area contributed by atoms with Crippen LogP contribution in [-0.2, 0) is 0 Å². The molecule has 0 radical (unpaired) electrons. The summed E-state index contributed by atoms with van der Waals surface area (Å²) in [5.41, 5.74) is 9.19. The van der Waals surface area contributed by atoms with Crippen molar-refractivity contribution in [2.75, 3.05) is 12.8 Å². The van der Waals surface area contributed by atoms with Gasteiger partial charge >= 0.3 is 0 Å². The van der Waals surface area contributed by atoms with E-state index in [1.807, 2.05) is 19.9 Å². The fourth-order valence-electron chi connectivity index (χ4n) is 2.07. The number of ether oxygens (including phenoxy) is 1. The Morgan fingerprint density at radius 3 is 2.50 bits per heavy atom. The molecule has 0 unspecified atom stereocenters. The summed E-state index contributed by atoms with van der Waals surface area (Å²) in [6.45, 7) is 3.91. The third-order valence-corrected chi connectivity index (χ3v) is 3.73. The molecule has 2 aromatic carbocycles. The van der Waals surface area contributed by atoms with Crippen LogP contribution >= 0.6 is 11.6 Å². The summed E-state index contributed by atoms with van der Waals surface area (Å²) >= 11 is 5.87. The molecular weight excluding hydrogens is 274 g/mol. The highest BCUT2D eigenvalue weighted by Crippen LogP contribution is 2.29. The van der Waals surface area contributed by atoms with E-state index in [0.29, 0.717) is 27.6 Å². The van der Waals surface area contributed by atoms with Crippen molar-refractivity contribution >= 4 is 23.1 Å². The molecule has 20 heavy (non-hydrogen) atoms. The van der Waals surface area contributed by atoms with Crippen LogP contribution in [0.25, 0.3) is 0 Å². The van der Waals surface area contributed by atoms with Crippen LogP contribution in [0, 0.1) is 13.8 Å². The molecule has 104 valence electrons. The average molecular weight is 290 g/mol. The van der Waals surface area contributed by atoms with Crippen molar-refractivity contribution < 1.29 is 9.53 Å². The first kappa shape index (κ1) is 14.4. The zero-order valence-electron chi connectivity index (χ0n) is 11.7. The van der Waals surface area contributed by atoms with Crippen molar-refractivity contribution in [3.63, 3.8) is 0 Å². The number of halogens is 1. The van der Waals surface area contributed by atoms with Gasteiger partial charge in [0.25, 0.3) is 0 Å². The Kier molecular flexibility index (Phi) is 4.00. The number of hydrogen-bond donors (Lipinski definition) is 1. The van der Waals surface area contributed by atoms with Gasteiger partial charge in [0, 0.05) is 5.56 Å². The first-order valence-electron chi connectivity index (χ1n) is 6.19. The molecule has 2 N–H and O–H groups in total. The molecular formula is C16H16ClNO2. The second-order valence-corrected chi connectivity index (χ2v) is 5.06. The van der Waals surface area contributed by atoms with Gasteiger partial charge in [0.2, 0.25) is 0 Å². The summed E-state index contributed by atoms with van der Waals surface area (Å²) in [6.07, 6.45) is 0. The maximum atomic E-state index is 12.6. The number of carbonyl (C=O) groups excluding carboxylic acids is 1. The van der Waals surface area contributed by atoms with Crippen LogP contribution < -0.4 is 10.5 Å². The first-order chi connectivity index (χ1) is 9.45. The fourth-order valence-corrected chi connectivity index (χ4v) is 2.19. The Hall–Kier alpha value is -2.00. The number of carbonyl (C=O) groups is 1. The van der Waals surface area contributed by atoms with Crippen LogP contribution in [-0.4, -0.2) is 12.9 Å². The van der Waals surface area contributed by atoms with Gasteiger partial charge in [0.15, 0.2) is 5.78 Å². The molecule has 0 aliphatic heterocycles. The molecule has 4 heteroatoms. The minimum Gasteiger partial charge on any atom is -0.496 e. The Morgan fingerprint density at radius 1 is 1.20 bits per heavy atom. The highest BCUT2D eigenvalue weighted by Gasteiger charge is 2.17. The standard InChI is InChI=1S/C16H16ClNO2/c1-9-4-6-12(16(20-3)10(9)2)15(19)11-5-7-13(17)14(18)8-11/h4-8H,18H2,1-3H3. The monoisotopic (exact) mass is 289 g/mol. The molecule has 3 nitrogen and oxygen atoms in total. The van der Waals surface area contributed by atoms with Crippen molar-refractivity contribution in [1.82, 2.24) is 0 Å². The number of nitrogens with two attached hydrogens (primary N) is 1. The van der Waals surface area contributed by atoms with E-state index in [9.17, 15) is 4.79 Å². The van der Waals surface area contributed by atoms with Gasteiger partial charge in [0.05, 0.1) is 23.4 Å². The number of methoxy groups -OCH3 is 1. The van der Waals surface area contributed by atoms with Gasteiger partial charge in [-0.15, -0.1) is 0 Å². The van der Waals surface area contributed by atoms with Crippen LogP contribution in [0.4, 0.5) is 5.69 Å². The molecule has 0 aliphatic rings. The Balaban J connectivity index is 2.53. The van der Waals surface area contributed by atoms with Crippen LogP contribution in [0.3, 0.4) is 0 Å². The van der Waals surface area contributed by atoms with Gasteiger partial charge in [-0.05, 0) is 49.2 Å². The summed E-state index contributed by atoms with van der Waals surface area (Å²) in [6, 6.07) is 8.55. The van der Waals surface area contributed by atoms with Crippen LogP contribution in [0.5, 0.6) is 5.75 Å². The highest BCUT2D eigenvalue weighted by atomic mass is 35.5. The number of hydrogen-bond acceptors (Lipinski definition) is 3. The zero-order chi connectivity index (χ0) is 14.9. The Bertz CT molecular complexity index is 680. The maximum absolute atomic E-state index is 12.6. The lowest BCUT2D eigenvalue weighted by Crippen LogP contribution is -2.06. The molecule has 0 saturated carbocycles. The molecule has 2 rings (SSSR count). The Morgan fingerprint density at radius 2 is 1.90 bits per heavy atom. The van der Waals surface area contributed by atoms with Crippen molar-refractivity contribution in [3.05, 3.63) is 57.6 Å². The maximum Gasteiger partial charge on any atom is 0.196 e. The summed E-state index contributed by atoms with van der Waals surface area (Å²) in [4.78, 5) is 12.6. The molecule has 2 aromatic rings. The Labute approximate surface area is 123 Å². The molecule has 0 saturated heterocycles. The minimum absolute atomic E-state index is 0.131. The van der Waals surface area contributed by atoms with Crippen molar-refractivity contribution in [2.45, 2.75) is 13.8 Å². The summed E-state index contributed by atoms with van der Waals surface area (Å²) in [5.74, 6) is 0.469. The molecule has 0 spiro atoms. The third-order valence-electron chi connectivity index (χ3n) is 3.38. The predicted molar refractivity (Wildman–Crippen MR) is 81.8 cm³/mol. The fraction of sp³-hybridized carbons (Fsp3) is 0.188. The van der Waals surface area contributed by atoms with Crippen molar-refractivity contribution in [3.8, 4) is 5.75 Å². The lowest BCUT2D eigenvalue weighted by atomic mass is 9.97. The lowest BCUT2D eigenvalue weighted by molar-refractivity contribution is 0.103. The third kappa shape index (κ3) is 2.49. The van der Waals surface area contributed by atoms with Gasteiger partial charge in [-0.1, -0.05) is 17.7 Å². The largest absolute Gasteiger partial charge is 0.496 e. The topological polar surface area (TPSA) is 52.3 Å².